The van der Waals surface area contributed by atoms with Gasteiger partial charge >= 0.3 is 0 Å². The lowest BCUT2D eigenvalue weighted by Crippen LogP contribution is -2.41. The number of carbonyl (C=O) groups excluding carboxylic acids is 2. The fourth-order valence-electron chi connectivity index (χ4n) is 2.35. The lowest BCUT2D eigenvalue weighted by atomic mass is 10.1. The Balaban J connectivity index is 2.47. The number of ether oxygens (including phenoxy) is 1. The molecule has 2 rings (SSSR count). The van der Waals surface area contributed by atoms with Crippen LogP contribution in [0.5, 0.6) is 5.75 Å². The molecule has 1 atom stereocenters. The van der Waals surface area contributed by atoms with E-state index in [-0.39, 0.29) is 0 Å². The van der Waals surface area contributed by atoms with Gasteiger partial charge in [-0.1, -0.05) is 0 Å². The molecule has 0 aliphatic rings. The van der Waals surface area contributed by atoms with Crippen molar-refractivity contribution in [2.24, 2.45) is 0 Å². The number of likely N-dealkylation sites (N-methyl/N-ethyl adjacent to an activating group) is 1. The minimum absolute atomic E-state index is 0.447. The first-order chi connectivity index (χ1) is 11.8. The largest absolute Gasteiger partial charge is 0.494 e. The third-order valence-corrected chi connectivity index (χ3v) is 3.59. The Morgan fingerprint density at radius 1 is 1.16 bits per heavy atom. The molecule has 1 aromatic carbocycles. The molecule has 1 heterocycles. The molecule has 1 aromatic heterocycles. The number of Topliss-reactive ketones (excluding diaryl/α,β-unsaturated/α-hetero) is 1. The molecule has 0 saturated carbocycles. The van der Waals surface area contributed by atoms with Crippen LogP contribution < -0.4 is 10.3 Å². The number of hydrogen-bond acceptors (Lipinski definition) is 5. The van der Waals surface area contributed by atoms with Crippen molar-refractivity contribution in [3.05, 3.63) is 46.8 Å². The number of benzene rings is 1. The highest BCUT2D eigenvalue weighted by Gasteiger charge is 2.29. The van der Waals surface area contributed by atoms with Gasteiger partial charge in [-0.05, 0) is 44.2 Å². The first-order valence-corrected chi connectivity index (χ1v) is 7.90. The molecule has 2 aromatic rings. The number of rotatable bonds is 6. The van der Waals surface area contributed by atoms with Crippen LogP contribution in [0.1, 0.15) is 19.9 Å². The third kappa shape index (κ3) is 4.12. The summed E-state index contributed by atoms with van der Waals surface area (Å²) in [5, 5.41) is 4.24. The van der Waals surface area contributed by atoms with Crippen LogP contribution in [0, 0.1) is 0 Å². The summed E-state index contributed by atoms with van der Waals surface area (Å²) in [6.07, 6.45) is 0. The molecule has 25 heavy (non-hydrogen) atoms. The van der Waals surface area contributed by atoms with Gasteiger partial charge in [-0.3, -0.25) is 14.4 Å². The minimum atomic E-state index is -1.27. The average molecular weight is 343 g/mol. The predicted molar refractivity (Wildman–Crippen MR) is 93.5 cm³/mol. The van der Waals surface area contributed by atoms with E-state index in [1.807, 2.05) is 6.92 Å². The van der Waals surface area contributed by atoms with Crippen LogP contribution in [-0.4, -0.2) is 47.1 Å². The third-order valence-electron chi connectivity index (χ3n) is 3.59. The highest BCUT2D eigenvalue weighted by molar-refractivity contribution is 6.02. The lowest BCUT2D eigenvalue weighted by molar-refractivity contribution is -0.138. The van der Waals surface area contributed by atoms with Crippen LogP contribution in [0.15, 0.2) is 41.2 Å². The van der Waals surface area contributed by atoms with Crippen LogP contribution in [0.25, 0.3) is 11.3 Å². The second-order valence-corrected chi connectivity index (χ2v) is 5.70. The van der Waals surface area contributed by atoms with Gasteiger partial charge in [0.15, 0.2) is 11.8 Å². The Hall–Kier alpha value is -2.96. The lowest BCUT2D eigenvalue weighted by Gasteiger charge is -2.19. The maximum Gasteiger partial charge on any atom is 0.267 e. The Morgan fingerprint density at radius 3 is 2.32 bits per heavy atom. The minimum Gasteiger partial charge on any atom is -0.494 e. The molecule has 0 spiro atoms. The Bertz CT molecular complexity index is 825. The van der Waals surface area contributed by atoms with Gasteiger partial charge in [0, 0.05) is 25.7 Å². The smallest absolute Gasteiger partial charge is 0.267 e. The Labute approximate surface area is 145 Å². The molecule has 1 amide bonds. The molecule has 7 heteroatoms. The maximum atomic E-state index is 12.3. The van der Waals surface area contributed by atoms with Crippen molar-refractivity contribution < 1.29 is 14.3 Å². The van der Waals surface area contributed by atoms with Crippen molar-refractivity contribution in [2.75, 3.05) is 20.7 Å². The average Bonchev–Trinajstić information content (AvgIpc) is 2.57. The summed E-state index contributed by atoms with van der Waals surface area (Å²) in [4.78, 5) is 37.7. The van der Waals surface area contributed by atoms with Gasteiger partial charge in [0.2, 0.25) is 0 Å². The molecule has 0 radical (unpaired) electrons. The summed E-state index contributed by atoms with van der Waals surface area (Å²) in [6.45, 7) is 3.73. The van der Waals surface area contributed by atoms with E-state index in [2.05, 4.69) is 5.10 Å². The molecular weight excluding hydrogens is 322 g/mol. The van der Waals surface area contributed by atoms with Crippen LogP contribution in [0.3, 0.4) is 0 Å². The second-order valence-electron chi connectivity index (χ2n) is 5.70. The molecule has 7 nitrogen and oxygen atoms in total. The normalized spacial score (nSPS) is 11.7. The molecule has 0 fully saturated rings. The number of ketones is 1. The van der Waals surface area contributed by atoms with Gasteiger partial charge < -0.3 is 9.64 Å². The summed E-state index contributed by atoms with van der Waals surface area (Å²) >= 11 is 0. The zero-order chi connectivity index (χ0) is 18.6. The molecule has 0 N–H and O–H groups in total. The SMILES string of the molecule is CCOc1ccc(-c2ccc(=O)n([C@H](C(C)=O)C(=O)N(C)C)n2)cc1. The monoisotopic (exact) mass is 343 g/mol. The van der Waals surface area contributed by atoms with E-state index >= 15 is 0 Å². The van der Waals surface area contributed by atoms with Gasteiger partial charge in [0.25, 0.3) is 11.5 Å². The summed E-state index contributed by atoms with van der Waals surface area (Å²) in [7, 11) is 3.05. The number of nitrogens with zero attached hydrogens (tertiary/aromatic N) is 3. The van der Waals surface area contributed by atoms with E-state index in [1.165, 1.54) is 32.0 Å². The van der Waals surface area contributed by atoms with Crippen molar-refractivity contribution in [3.63, 3.8) is 0 Å². The molecule has 0 bridgehead atoms. The summed E-state index contributed by atoms with van der Waals surface area (Å²) in [6, 6.07) is 8.79. The standard InChI is InChI=1S/C18H21N3O4/c1-5-25-14-8-6-13(7-9-14)15-10-11-16(23)21(19-15)17(12(2)22)18(24)20(3)4/h6-11,17H,5H2,1-4H3/t17-/m1/s1. The van der Waals surface area contributed by atoms with Crippen LogP contribution in [0.4, 0.5) is 0 Å². The quantitative estimate of drug-likeness (QED) is 0.743. The van der Waals surface area contributed by atoms with Gasteiger partial charge in [-0.25, -0.2) is 4.68 Å². The van der Waals surface area contributed by atoms with E-state index < -0.39 is 23.3 Å². The fourth-order valence-corrected chi connectivity index (χ4v) is 2.35. The molecule has 0 aliphatic heterocycles. The Kier molecular flexibility index (Phi) is 5.69. The topological polar surface area (TPSA) is 81.5 Å². The second kappa shape index (κ2) is 7.74. The van der Waals surface area contributed by atoms with E-state index in [0.717, 1.165) is 16.0 Å². The van der Waals surface area contributed by atoms with Gasteiger partial charge in [0.05, 0.1) is 12.3 Å². The van der Waals surface area contributed by atoms with E-state index in [1.54, 1.807) is 30.3 Å². The fraction of sp³-hybridized carbons (Fsp3) is 0.333. The zero-order valence-electron chi connectivity index (χ0n) is 14.7. The van der Waals surface area contributed by atoms with E-state index in [9.17, 15) is 14.4 Å². The number of carbonyl (C=O) groups is 2. The molecule has 0 aliphatic carbocycles. The molecule has 132 valence electrons. The van der Waals surface area contributed by atoms with Crippen molar-refractivity contribution in [1.29, 1.82) is 0 Å². The highest BCUT2D eigenvalue weighted by atomic mass is 16.5. The predicted octanol–water partition coefficient (Wildman–Crippen LogP) is 1.53. The summed E-state index contributed by atoms with van der Waals surface area (Å²) in [5.41, 5.74) is 0.724. The van der Waals surface area contributed by atoms with Crippen molar-refractivity contribution >= 4 is 11.7 Å². The van der Waals surface area contributed by atoms with E-state index in [4.69, 9.17) is 4.74 Å². The van der Waals surface area contributed by atoms with Gasteiger partial charge in [-0.2, -0.15) is 5.10 Å². The van der Waals surface area contributed by atoms with Crippen LogP contribution in [0.2, 0.25) is 0 Å². The summed E-state index contributed by atoms with van der Waals surface area (Å²) < 4.78 is 6.34. The summed E-state index contributed by atoms with van der Waals surface area (Å²) in [5.74, 6) is -0.216. The molecule has 0 unspecified atom stereocenters. The van der Waals surface area contributed by atoms with E-state index in [0.29, 0.717) is 12.3 Å². The van der Waals surface area contributed by atoms with Crippen molar-refractivity contribution in [1.82, 2.24) is 14.7 Å². The first-order valence-electron chi connectivity index (χ1n) is 7.90. The van der Waals surface area contributed by atoms with Gasteiger partial charge in [0.1, 0.15) is 5.75 Å². The maximum absolute atomic E-state index is 12.3. The molecule has 0 saturated heterocycles. The molecular formula is C18H21N3O4. The zero-order valence-corrected chi connectivity index (χ0v) is 14.7. The number of aromatic nitrogens is 2. The first kappa shape index (κ1) is 18.4. The van der Waals surface area contributed by atoms with Crippen LogP contribution in [-0.2, 0) is 9.59 Å². The van der Waals surface area contributed by atoms with Gasteiger partial charge in [-0.15, -0.1) is 0 Å². The number of amides is 1. The van der Waals surface area contributed by atoms with Crippen molar-refractivity contribution in [3.8, 4) is 17.0 Å². The van der Waals surface area contributed by atoms with Crippen molar-refractivity contribution in [2.45, 2.75) is 19.9 Å². The van der Waals surface area contributed by atoms with Crippen LogP contribution >= 0.6 is 0 Å². The highest BCUT2D eigenvalue weighted by Crippen LogP contribution is 2.20. The Morgan fingerprint density at radius 2 is 1.80 bits per heavy atom. The number of hydrogen-bond donors (Lipinski definition) is 0.